The SMILES string of the molecule is O=C(NCc1cccc2ccccc12)C12CC3CC(CC(C3)C1)C2. The molecule has 4 aliphatic carbocycles. The minimum atomic E-state index is -0.0423. The molecule has 0 radical (unpaired) electrons. The monoisotopic (exact) mass is 319 g/mol. The highest BCUT2D eigenvalue weighted by Crippen LogP contribution is 2.60. The number of carbonyl (C=O) groups is 1. The Morgan fingerprint density at radius 1 is 0.917 bits per heavy atom. The average Bonchev–Trinajstić information content (AvgIpc) is 2.58. The molecule has 2 aromatic carbocycles. The topological polar surface area (TPSA) is 29.1 Å². The Morgan fingerprint density at radius 2 is 1.54 bits per heavy atom. The van der Waals surface area contributed by atoms with Crippen LogP contribution in [-0.2, 0) is 11.3 Å². The van der Waals surface area contributed by atoms with Gasteiger partial charge in [-0.05, 0) is 72.6 Å². The zero-order valence-corrected chi connectivity index (χ0v) is 14.1. The van der Waals surface area contributed by atoms with Crippen LogP contribution < -0.4 is 5.32 Å². The molecule has 2 heteroatoms. The Bertz CT molecular complexity index is 753. The van der Waals surface area contributed by atoms with E-state index in [9.17, 15) is 4.79 Å². The minimum absolute atomic E-state index is 0.0423. The van der Waals surface area contributed by atoms with Gasteiger partial charge in [-0.1, -0.05) is 42.5 Å². The maximum Gasteiger partial charge on any atom is 0.226 e. The molecule has 1 amide bonds. The third-order valence-electron chi connectivity index (χ3n) is 6.84. The van der Waals surface area contributed by atoms with Crippen molar-refractivity contribution in [1.82, 2.24) is 5.32 Å². The Morgan fingerprint density at radius 3 is 2.25 bits per heavy atom. The van der Waals surface area contributed by atoms with Gasteiger partial charge in [0, 0.05) is 12.0 Å². The first-order valence-electron chi connectivity index (χ1n) is 9.47. The van der Waals surface area contributed by atoms with Crippen LogP contribution in [0.2, 0.25) is 0 Å². The number of hydrogen-bond acceptors (Lipinski definition) is 1. The molecule has 0 saturated heterocycles. The second kappa shape index (κ2) is 5.34. The Kier molecular flexibility index (Phi) is 3.23. The molecule has 4 bridgehead atoms. The van der Waals surface area contributed by atoms with Crippen LogP contribution in [0.15, 0.2) is 42.5 Å². The van der Waals surface area contributed by atoms with E-state index in [1.807, 2.05) is 0 Å². The highest BCUT2D eigenvalue weighted by molar-refractivity contribution is 5.87. The number of carbonyl (C=O) groups excluding carboxylic acids is 1. The van der Waals surface area contributed by atoms with Crippen molar-refractivity contribution in [2.24, 2.45) is 23.2 Å². The van der Waals surface area contributed by atoms with Gasteiger partial charge in [-0.3, -0.25) is 4.79 Å². The molecule has 1 N–H and O–H groups in total. The normalized spacial score (nSPS) is 33.8. The molecule has 2 nitrogen and oxygen atoms in total. The predicted molar refractivity (Wildman–Crippen MR) is 96.4 cm³/mol. The molecule has 124 valence electrons. The molecule has 4 fully saturated rings. The highest BCUT2D eigenvalue weighted by Gasteiger charge is 2.54. The molecule has 0 aliphatic heterocycles. The lowest BCUT2D eigenvalue weighted by Crippen LogP contribution is -2.53. The molecule has 24 heavy (non-hydrogen) atoms. The predicted octanol–water partition coefficient (Wildman–Crippen LogP) is 4.67. The van der Waals surface area contributed by atoms with E-state index in [2.05, 4.69) is 47.8 Å². The van der Waals surface area contributed by atoms with Crippen molar-refractivity contribution in [1.29, 1.82) is 0 Å². The molecular weight excluding hydrogens is 294 g/mol. The van der Waals surface area contributed by atoms with Crippen molar-refractivity contribution < 1.29 is 4.79 Å². The van der Waals surface area contributed by atoms with Gasteiger partial charge >= 0.3 is 0 Å². The van der Waals surface area contributed by atoms with Gasteiger partial charge in [0.15, 0.2) is 0 Å². The van der Waals surface area contributed by atoms with Gasteiger partial charge in [-0.15, -0.1) is 0 Å². The summed E-state index contributed by atoms with van der Waals surface area (Å²) in [5.74, 6) is 2.79. The van der Waals surface area contributed by atoms with Crippen LogP contribution in [0.4, 0.5) is 0 Å². The fraction of sp³-hybridized carbons (Fsp3) is 0.500. The first-order chi connectivity index (χ1) is 11.7. The Labute approximate surface area is 143 Å². The van der Waals surface area contributed by atoms with Crippen LogP contribution in [0.1, 0.15) is 44.1 Å². The first kappa shape index (κ1) is 14.5. The molecule has 0 aromatic heterocycles. The summed E-state index contributed by atoms with van der Waals surface area (Å²) in [6.45, 7) is 0.655. The molecule has 0 atom stereocenters. The van der Waals surface area contributed by atoms with Gasteiger partial charge < -0.3 is 5.32 Å². The quantitative estimate of drug-likeness (QED) is 0.875. The average molecular weight is 319 g/mol. The maximum atomic E-state index is 13.1. The summed E-state index contributed by atoms with van der Waals surface area (Å²) in [4.78, 5) is 13.1. The van der Waals surface area contributed by atoms with E-state index in [0.29, 0.717) is 12.5 Å². The van der Waals surface area contributed by atoms with Crippen molar-refractivity contribution in [3.8, 4) is 0 Å². The molecule has 0 spiro atoms. The minimum Gasteiger partial charge on any atom is -0.352 e. The van der Waals surface area contributed by atoms with E-state index in [-0.39, 0.29) is 5.41 Å². The van der Waals surface area contributed by atoms with Crippen molar-refractivity contribution in [2.45, 2.75) is 45.1 Å². The summed E-state index contributed by atoms with van der Waals surface area (Å²) in [5.41, 5.74) is 1.19. The second-order valence-corrected chi connectivity index (χ2v) is 8.52. The standard InChI is InChI=1S/C22H25NO/c24-21(22-11-15-8-16(12-22)10-17(9-15)13-22)23-14-19-6-3-5-18-4-1-2-7-20(18)19/h1-7,15-17H,8-14H2,(H,23,24). The van der Waals surface area contributed by atoms with E-state index in [1.54, 1.807) is 0 Å². The van der Waals surface area contributed by atoms with Gasteiger partial charge in [0.25, 0.3) is 0 Å². The largest absolute Gasteiger partial charge is 0.352 e. The molecule has 4 aliphatic rings. The number of fused-ring (bicyclic) bond motifs is 1. The van der Waals surface area contributed by atoms with Crippen LogP contribution in [0.3, 0.4) is 0 Å². The number of nitrogens with one attached hydrogen (secondary N) is 1. The molecular formula is C22H25NO. The van der Waals surface area contributed by atoms with Crippen molar-refractivity contribution >= 4 is 16.7 Å². The number of amides is 1. The van der Waals surface area contributed by atoms with Crippen LogP contribution in [-0.4, -0.2) is 5.91 Å². The zero-order valence-electron chi connectivity index (χ0n) is 14.1. The van der Waals surface area contributed by atoms with E-state index in [1.165, 1.54) is 35.6 Å². The zero-order chi connectivity index (χ0) is 16.1. The second-order valence-electron chi connectivity index (χ2n) is 8.52. The van der Waals surface area contributed by atoms with E-state index < -0.39 is 0 Å². The van der Waals surface area contributed by atoms with Gasteiger partial charge in [-0.2, -0.15) is 0 Å². The molecule has 4 saturated carbocycles. The van der Waals surface area contributed by atoms with Gasteiger partial charge in [0.1, 0.15) is 0 Å². The molecule has 6 rings (SSSR count). The fourth-order valence-electron chi connectivity index (χ4n) is 6.20. The lowest BCUT2D eigenvalue weighted by Gasteiger charge is -2.55. The molecule has 0 unspecified atom stereocenters. The Balaban J connectivity index is 1.36. The summed E-state index contributed by atoms with van der Waals surface area (Å²) in [6, 6.07) is 14.8. The van der Waals surface area contributed by atoms with E-state index in [0.717, 1.165) is 37.0 Å². The summed E-state index contributed by atoms with van der Waals surface area (Å²) in [6.07, 6.45) is 7.57. The summed E-state index contributed by atoms with van der Waals surface area (Å²) in [5, 5.41) is 5.81. The lowest BCUT2D eigenvalue weighted by molar-refractivity contribution is -0.146. The lowest BCUT2D eigenvalue weighted by atomic mass is 9.49. The summed E-state index contributed by atoms with van der Waals surface area (Å²) in [7, 11) is 0. The first-order valence-corrected chi connectivity index (χ1v) is 9.47. The van der Waals surface area contributed by atoms with Crippen LogP contribution in [0.25, 0.3) is 10.8 Å². The van der Waals surface area contributed by atoms with Gasteiger partial charge in [0.2, 0.25) is 5.91 Å². The summed E-state index contributed by atoms with van der Waals surface area (Å²) < 4.78 is 0. The van der Waals surface area contributed by atoms with Gasteiger partial charge in [-0.25, -0.2) is 0 Å². The Hall–Kier alpha value is -1.83. The fourth-order valence-corrected chi connectivity index (χ4v) is 6.20. The van der Waals surface area contributed by atoms with Crippen LogP contribution in [0.5, 0.6) is 0 Å². The van der Waals surface area contributed by atoms with Crippen LogP contribution >= 0.6 is 0 Å². The number of rotatable bonds is 3. The van der Waals surface area contributed by atoms with Crippen molar-refractivity contribution in [3.05, 3.63) is 48.0 Å². The smallest absolute Gasteiger partial charge is 0.226 e. The number of benzene rings is 2. The van der Waals surface area contributed by atoms with Crippen molar-refractivity contribution in [3.63, 3.8) is 0 Å². The third kappa shape index (κ3) is 2.27. The third-order valence-corrected chi connectivity index (χ3v) is 6.84. The van der Waals surface area contributed by atoms with Crippen LogP contribution in [0, 0.1) is 23.2 Å². The van der Waals surface area contributed by atoms with E-state index in [4.69, 9.17) is 0 Å². The number of hydrogen-bond donors (Lipinski definition) is 1. The maximum absolute atomic E-state index is 13.1. The molecule has 2 aromatic rings. The van der Waals surface area contributed by atoms with Gasteiger partial charge in [0.05, 0.1) is 0 Å². The highest BCUT2D eigenvalue weighted by atomic mass is 16.2. The van der Waals surface area contributed by atoms with E-state index >= 15 is 0 Å². The van der Waals surface area contributed by atoms with Crippen molar-refractivity contribution in [2.75, 3.05) is 0 Å². The molecule has 0 heterocycles. The summed E-state index contributed by atoms with van der Waals surface area (Å²) >= 11 is 0.